The number of nitrogens with one attached hydrogen (secondary N) is 1. The minimum atomic E-state index is 0.455. The third kappa shape index (κ3) is 2.36. The van der Waals surface area contributed by atoms with Crippen LogP contribution in [0.1, 0.15) is 44.1 Å². The molecule has 4 aliphatic carbocycles. The van der Waals surface area contributed by atoms with Gasteiger partial charge in [-0.3, -0.25) is 4.98 Å². The van der Waals surface area contributed by atoms with E-state index >= 15 is 0 Å². The van der Waals surface area contributed by atoms with Crippen molar-refractivity contribution < 1.29 is 0 Å². The maximum absolute atomic E-state index is 4.26. The molecule has 0 unspecified atom stereocenters. The second-order valence-corrected chi connectivity index (χ2v) is 7.98. The Morgan fingerprint density at radius 1 is 1.11 bits per heavy atom. The number of hydrogen-bond donors (Lipinski definition) is 1. The summed E-state index contributed by atoms with van der Waals surface area (Å²) in [6, 6.07) is 2.18. The van der Waals surface area contributed by atoms with Crippen molar-refractivity contribution in [2.45, 2.75) is 50.6 Å². The maximum Gasteiger partial charge on any atom is 0.0410 e. The van der Waals surface area contributed by atoms with Crippen LogP contribution in [0.3, 0.4) is 0 Å². The van der Waals surface area contributed by atoms with E-state index in [1.807, 2.05) is 12.4 Å². The van der Waals surface area contributed by atoms with Crippen molar-refractivity contribution >= 4 is 15.9 Å². The zero-order chi connectivity index (χ0) is 12.9. The average Bonchev–Trinajstić information content (AvgIpc) is 2.35. The van der Waals surface area contributed by atoms with Crippen LogP contribution in [0.4, 0.5) is 0 Å². The van der Waals surface area contributed by atoms with Gasteiger partial charge in [-0.15, -0.1) is 0 Å². The first-order valence-electron chi connectivity index (χ1n) is 7.55. The van der Waals surface area contributed by atoms with Crippen molar-refractivity contribution in [1.82, 2.24) is 10.3 Å². The van der Waals surface area contributed by atoms with E-state index in [0.717, 1.165) is 28.8 Å². The molecular weight excluding hydrogens is 300 g/mol. The summed E-state index contributed by atoms with van der Waals surface area (Å²) in [5.74, 6) is 3.04. The summed E-state index contributed by atoms with van der Waals surface area (Å²) >= 11 is 3.51. The molecule has 2 nitrogen and oxygen atoms in total. The Balaban J connectivity index is 1.48. The van der Waals surface area contributed by atoms with Crippen molar-refractivity contribution in [3.63, 3.8) is 0 Å². The number of pyridine rings is 1. The Bertz CT molecular complexity index is 450. The molecule has 4 aliphatic rings. The van der Waals surface area contributed by atoms with E-state index in [9.17, 15) is 0 Å². The van der Waals surface area contributed by atoms with Gasteiger partial charge in [0, 0.05) is 29.0 Å². The van der Waals surface area contributed by atoms with E-state index in [1.54, 1.807) is 0 Å². The van der Waals surface area contributed by atoms with Crippen LogP contribution in [0.25, 0.3) is 0 Å². The van der Waals surface area contributed by atoms with Gasteiger partial charge in [0.25, 0.3) is 0 Å². The van der Waals surface area contributed by atoms with Gasteiger partial charge in [0.2, 0.25) is 0 Å². The van der Waals surface area contributed by atoms with Gasteiger partial charge >= 0.3 is 0 Å². The number of aromatic nitrogens is 1. The van der Waals surface area contributed by atoms with Crippen molar-refractivity contribution in [1.29, 1.82) is 0 Å². The average molecular weight is 321 g/mol. The monoisotopic (exact) mass is 320 g/mol. The number of nitrogens with zero attached hydrogens (tertiary/aromatic N) is 1. The predicted octanol–water partition coefficient (Wildman–Crippen LogP) is 3.90. The second-order valence-electron chi connectivity index (χ2n) is 7.06. The molecule has 0 saturated heterocycles. The molecule has 1 N–H and O–H groups in total. The lowest BCUT2D eigenvalue weighted by Gasteiger charge is -2.57. The third-order valence-corrected chi connectivity index (χ3v) is 5.90. The molecule has 4 bridgehead atoms. The van der Waals surface area contributed by atoms with Gasteiger partial charge in [-0.2, -0.15) is 0 Å². The molecule has 4 saturated carbocycles. The summed E-state index contributed by atoms with van der Waals surface area (Å²) in [5, 5.41) is 3.91. The van der Waals surface area contributed by atoms with Gasteiger partial charge < -0.3 is 5.32 Å². The first-order valence-corrected chi connectivity index (χ1v) is 8.35. The number of rotatable bonds is 3. The minimum absolute atomic E-state index is 0.455. The normalized spacial score (nSPS) is 39.7. The second kappa shape index (κ2) is 4.56. The molecule has 0 spiro atoms. The van der Waals surface area contributed by atoms with Crippen LogP contribution >= 0.6 is 15.9 Å². The largest absolute Gasteiger partial charge is 0.307 e. The highest BCUT2D eigenvalue weighted by Crippen LogP contribution is 2.55. The third-order valence-electron chi connectivity index (χ3n) is 5.47. The fourth-order valence-corrected chi connectivity index (χ4v) is 5.58. The Morgan fingerprint density at radius 2 is 1.74 bits per heavy atom. The molecule has 4 fully saturated rings. The van der Waals surface area contributed by atoms with Crippen molar-refractivity contribution in [2.24, 2.45) is 17.8 Å². The molecule has 1 aromatic rings. The van der Waals surface area contributed by atoms with Crippen molar-refractivity contribution in [3.05, 3.63) is 28.5 Å². The van der Waals surface area contributed by atoms with Crippen molar-refractivity contribution in [3.8, 4) is 0 Å². The fraction of sp³-hybridized carbons (Fsp3) is 0.688. The van der Waals surface area contributed by atoms with Crippen LogP contribution in [-0.2, 0) is 6.54 Å². The molecule has 0 atom stereocenters. The molecule has 5 rings (SSSR count). The molecule has 1 aromatic heterocycles. The lowest BCUT2D eigenvalue weighted by molar-refractivity contribution is -0.0206. The Labute approximate surface area is 123 Å². The summed E-state index contributed by atoms with van der Waals surface area (Å²) < 4.78 is 1.08. The van der Waals surface area contributed by atoms with Crippen LogP contribution < -0.4 is 5.32 Å². The summed E-state index contributed by atoms with van der Waals surface area (Å²) in [4.78, 5) is 4.26. The lowest BCUT2D eigenvalue weighted by atomic mass is 9.53. The molecule has 0 aliphatic heterocycles. The van der Waals surface area contributed by atoms with E-state index in [1.165, 1.54) is 44.1 Å². The lowest BCUT2D eigenvalue weighted by Crippen LogP contribution is -2.58. The molecular formula is C16H21BrN2. The Hall–Kier alpha value is -0.410. The van der Waals surface area contributed by atoms with Crippen LogP contribution in [0.15, 0.2) is 22.9 Å². The quantitative estimate of drug-likeness (QED) is 0.913. The maximum atomic E-state index is 4.26. The van der Waals surface area contributed by atoms with Gasteiger partial charge in [-0.25, -0.2) is 0 Å². The SMILES string of the molecule is Brc1cncc(CNC23CC4CC(CC(C4)C2)C3)c1. The summed E-state index contributed by atoms with van der Waals surface area (Å²) in [5.41, 5.74) is 1.75. The van der Waals surface area contributed by atoms with E-state index < -0.39 is 0 Å². The zero-order valence-electron chi connectivity index (χ0n) is 11.2. The first-order chi connectivity index (χ1) is 9.21. The van der Waals surface area contributed by atoms with Gasteiger partial charge in [0.15, 0.2) is 0 Å². The van der Waals surface area contributed by atoms with Gasteiger partial charge in [0.1, 0.15) is 0 Å². The number of halogens is 1. The van der Waals surface area contributed by atoms with E-state index in [4.69, 9.17) is 0 Å². The molecule has 0 aromatic carbocycles. The number of hydrogen-bond acceptors (Lipinski definition) is 2. The van der Waals surface area contributed by atoms with Crippen LogP contribution in [0.2, 0.25) is 0 Å². The van der Waals surface area contributed by atoms with E-state index in [0.29, 0.717) is 5.54 Å². The molecule has 0 amide bonds. The highest BCUT2D eigenvalue weighted by atomic mass is 79.9. The predicted molar refractivity (Wildman–Crippen MR) is 79.7 cm³/mol. The Morgan fingerprint density at radius 3 is 2.32 bits per heavy atom. The summed E-state index contributed by atoms with van der Waals surface area (Å²) in [7, 11) is 0. The highest BCUT2D eigenvalue weighted by Gasteiger charge is 2.50. The van der Waals surface area contributed by atoms with E-state index in [-0.39, 0.29) is 0 Å². The molecule has 102 valence electrons. The summed E-state index contributed by atoms with van der Waals surface area (Å²) in [6.45, 7) is 0.971. The highest BCUT2D eigenvalue weighted by molar-refractivity contribution is 9.10. The fourth-order valence-electron chi connectivity index (χ4n) is 5.17. The first kappa shape index (κ1) is 12.3. The topological polar surface area (TPSA) is 24.9 Å². The zero-order valence-corrected chi connectivity index (χ0v) is 12.8. The van der Waals surface area contributed by atoms with Gasteiger partial charge in [-0.1, -0.05) is 0 Å². The van der Waals surface area contributed by atoms with Gasteiger partial charge in [-0.05, 0) is 83.8 Å². The van der Waals surface area contributed by atoms with Gasteiger partial charge in [0.05, 0.1) is 0 Å². The molecule has 3 heteroatoms. The van der Waals surface area contributed by atoms with Crippen LogP contribution in [-0.4, -0.2) is 10.5 Å². The molecule has 1 heterocycles. The van der Waals surface area contributed by atoms with E-state index in [2.05, 4.69) is 32.3 Å². The Kier molecular flexibility index (Phi) is 2.96. The van der Waals surface area contributed by atoms with Crippen LogP contribution in [0.5, 0.6) is 0 Å². The smallest absolute Gasteiger partial charge is 0.0410 e. The molecule has 0 radical (unpaired) electrons. The van der Waals surface area contributed by atoms with Crippen LogP contribution in [0, 0.1) is 17.8 Å². The summed E-state index contributed by atoms with van der Waals surface area (Å²) in [6.07, 6.45) is 12.6. The van der Waals surface area contributed by atoms with Crippen molar-refractivity contribution in [2.75, 3.05) is 0 Å². The molecule has 19 heavy (non-hydrogen) atoms. The minimum Gasteiger partial charge on any atom is -0.307 e. The standard InChI is InChI=1S/C16H21BrN2/c17-15-4-14(8-18-10-15)9-19-16-5-11-1-12(6-16)3-13(2-11)7-16/h4,8,10-13,19H,1-3,5-7,9H2.